The Bertz CT molecular complexity index is 701. The monoisotopic (exact) mass is 341 g/mol. The smallest absolute Gasteiger partial charge is 0.232 e. The van der Waals surface area contributed by atoms with Crippen LogP contribution in [0.25, 0.3) is 0 Å². The molecule has 2 aromatic rings. The summed E-state index contributed by atoms with van der Waals surface area (Å²) in [7, 11) is 0. The van der Waals surface area contributed by atoms with Crippen LogP contribution >= 0.6 is 0 Å². The Morgan fingerprint density at radius 2 is 1.88 bits per heavy atom. The van der Waals surface area contributed by atoms with Gasteiger partial charge in [0, 0.05) is 43.9 Å². The molecule has 0 amide bonds. The van der Waals surface area contributed by atoms with Crippen molar-refractivity contribution in [2.45, 2.75) is 51.8 Å². The standard InChI is InChI=1S/C19H27N5O/c1-13(2)23-11-15-8-17(24-7-6-21-14(24)3)18(9-16(15)12-23)25-19-10-20-4-5-22-19/h4-7,10,13,15-18H,8-9,11-12H2,1-3H3/t15-,16+,17-,18-/m0/s1. The Morgan fingerprint density at radius 1 is 1.08 bits per heavy atom. The highest BCUT2D eigenvalue weighted by Crippen LogP contribution is 2.43. The highest BCUT2D eigenvalue weighted by Gasteiger charge is 2.44. The lowest BCUT2D eigenvalue weighted by molar-refractivity contribution is 0.0501. The second kappa shape index (κ2) is 6.75. The molecule has 2 aliphatic rings. The minimum Gasteiger partial charge on any atom is -0.471 e. The van der Waals surface area contributed by atoms with Gasteiger partial charge < -0.3 is 14.2 Å². The lowest BCUT2D eigenvalue weighted by Gasteiger charge is -2.38. The van der Waals surface area contributed by atoms with E-state index in [1.165, 1.54) is 13.1 Å². The summed E-state index contributed by atoms with van der Waals surface area (Å²) in [6.45, 7) is 9.04. The van der Waals surface area contributed by atoms with Gasteiger partial charge in [0.15, 0.2) is 0 Å². The summed E-state index contributed by atoms with van der Waals surface area (Å²) in [6.07, 6.45) is 11.4. The van der Waals surface area contributed by atoms with Gasteiger partial charge in [0.1, 0.15) is 11.9 Å². The summed E-state index contributed by atoms with van der Waals surface area (Å²) in [5, 5.41) is 0. The molecule has 4 atom stereocenters. The molecule has 3 heterocycles. The molecule has 1 aliphatic heterocycles. The van der Waals surface area contributed by atoms with E-state index in [1.807, 2.05) is 6.20 Å². The number of ether oxygens (including phenoxy) is 1. The first-order chi connectivity index (χ1) is 12.1. The van der Waals surface area contributed by atoms with Gasteiger partial charge in [0.05, 0.1) is 12.2 Å². The van der Waals surface area contributed by atoms with E-state index in [4.69, 9.17) is 4.74 Å². The van der Waals surface area contributed by atoms with Gasteiger partial charge in [0.2, 0.25) is 5.88 Å². The molecule has 0 aromatic carbocycles. The molecule has 0 spiro atoms. The maximum atomic E-state index is 6.31. The van der Waals surface area contributed by atoms with Crippen molar-refractivity contribution in [3.05, 3.63) is 36.8 Å². The first-order valence-corrected chi connectivity index (χ1v) is 9.28. The van der Waals surface area contributed by atoms with E-state index in [0.29, 0.717) is 23.9 Å². The van der Waals surface area contributed by atoms with Crippen LogP contribution in [0.3, 0.4) is 0 Å². The Kier molecular flexibility index (Phi) is 4.46. The van der Waals surface area contributed by atoms with Crippen molar-refractivity contribution in [2.75, 3.05) is 13.1 Å². The van der Waals surface area contributed by atoms with Crippen molar-refractivity contribution in [1.29, 1.82) is 0 Å². The molecule has 4 rings (SSSR count). The first kappa shape index (κ1) is 16.5. The predicted molar refractivity (Wildman–Crippen MR) is 95.4 cm³/mol. The average molecular weight is 341 g/mol. The summed E-state index contributed by atoms with van der Waals surface area (Å²) in [5.41, 5.74) is 0. The summed E-state index contributed by atoms with van der Waals surface area (Å²) in [4.78, 5) is 15.5. The minimum absolute atomic E-state index is 0.109. The van der Waals surface area contributed by atoms with Gasteiger partial charge in [-0.25, -0.2) is 9.97 Å². The lowest BCUT2D eigenvalue weighted by Crippen LogP contribution is -2.40. The zero-order valence-corrected chi connectivity index (χ0v) is 15.2. The fraction of sp³-hybridized carbons (Fsp3) is 0.632. The Morgan fingerprint density at radius 3 is 2.52 bits per heavy atom. The molecule has 2 aromatic heterocycles. The summed E-state index contributed by atoms with van der Waals surface area (Å²) in [5.74, 6) is 3.10. The first-order valence-electron chi connectivity index (χ1n) is 9.28. The normalized spacial score (nSPS) is 29.8. The van der Waals surface area contributed by atoms with Crippen LogP contribution < -0.4 is 4.74 Å². The van der Waals surface area contributed by atoms with Crippen LogP contribution in [0, 0.1) is 18.8 Å². The molecular weight excluding hydrogens is 314 g/mol. The predicted octanol–water partition coefficient (Wildman–Crippen LogP) is 2.72. The highest BCUT2D eigenvalue weighted by atomic mass is 16.5. The molecule has 2 fully saturated rings. The maximum Gasteiger partial charge on any atom is 0.232 e. The van der Waals surface area contributed by atoms with Gasteiger partial charge in [-0.1, -0.05) is 0 Å². The molecule has 1 saturated heterocycles. The summed E-state index contributed by atoms with van der Waals surface area (Å²) in [6, 6.07) is 0.913. The quantitative estimate of drug-likeness (QED) is 0.856. The summed E-state index contributed by atoms with van der Waals surface area (Å²) >= 11 is 0. The molecule has 0 unspecified atom stereocenters. The van der Waals surface area contributed by atoms with E-state index in [9.17, 15) is 0 Å². The van der Waals surface area contributed by atoms with Crippen molar-refractivity contribution < 1.29 is 4.74 Å². The van der Waals surface area contributed by atoms with E-state index >= 15 is 0 Å². The second-order valence-corrected chi connectivity index (χ2v) is 7.69. The number of aromatic nitrogens is 4. The van der Waals surface area contributed by atoms with Gasteiger partial charge in [-0.2, -0.15) is 0 Å². The molecule has 0 bridgehead atoms. The highest BCUT2D eigenvalue weighted by molar-refractivity contribution is 5.07. The van der Waals surface area contributed by atoms with Crippen LogP contribution in [-0.2, 0) is 0 Å². The number of hydrogen-bond acceptors (Lipinski definition) is 5. The van der Waals surface area contributed by atoms with Gasteiger partial charge in [-0.3, -0.25) is 4.98 Å². The Balaban J connectivity index is 1.59. The SMILES string of the molecule is Cc1nccn1[C@H]1C[C@H]2CN(C(C)C)C[C@H]2C[C@@H]1Oc1cnccn1. The zero-order chi connectivity index (χ0) is 17.4. The van der Waals surface area contributed by atoms with E-state index in [2.05, 4.69) is 51.4 Å². The average Bonchev–Trinajstić information content (AvgIpc) is 3.21. The third-order valence-electron chi connectivity index (χ3n) is 5.87. The summed E-state index contributed by atoms with van der Waals surface area (Å²) < 4.78 is 8.60. The molecule has 0 N–H and O–H groups in total. The third-order valence-corrected chi connectivity index (χ3v) is 5.87. The molecule has 1 saturated carbocycles. The van der Waals surface area contributed by atoms with Crippen molar-refractivity contribution in [2.24, 2.45) is 11.8 Å². The number of fused-ring (bicyclic) bond motifs is 1. The van der Waals surface area contributed by atoms with Crippen LogP contribution in [0.15, 0.2) is 31.0 Å². The zero-order valence-electron chi connectivity index (χ0n) is 15.2. The van der Waals surface area contributed by atoms with Gasteiger partial charge in [0.25, 0.3) is 0 Å². The minimum atomic E-state index is 0.109. The molecular formula is C19H27N5O. The molecule has 1 aliphatic carbocycles. The molecule has 134 valence electrons. The van der Waals surface area contributed by atoms with E-state index in [0.717, 1.165) is 24.6 Å². The van der Waals surface area contributed by atoms with Crippen molar-refractivity contribution >= 4 is 0 Å². The Hall–Kier alpha value is -1.95. The molecule has 6 nitrogen and oxygen atoms in total. The van der Waals surface area contributed by atoms with E-state index in [-0.39, 0.29) is 6.10 Å². The maximum absolute atomic E-state index is 6.31. The molecule has 25 heavy (non-hydrogen) atoms. The molecule has 6 heteroatoms. The van der Waals surface area contributed by atoms with Crippen LogP contribution in [0.5, 0.6) is 5.88 Å². The van der Waals surface area contributed by atoms with Gasteiger partial charge >= 0.3 is 0 Å². The van der Waals surface area contributed by atoms with Gasteiger partial charge in [-0.15, -0.1) is 0 Å². The fourth-order valence-electron chi connectivity index (χ4n) is 4.51. The number of imidazole rings is 1. The van der Waals surface area contributed by atoms with Crippen molar-refractivity contribution in [3.8, 4) is 5.88 Å². The van der Waals surface area contributed by atoms with E-state index < -0.39 is 0 Å². The van der Waals surface area contributed by atoms with Crippen molar-refractivity contribution in [3.63, 3.8) is 0 Å². The third kappa shape index (κ3) is 3.27. The fourth-order valence-corrected chi connectivity index (χ4v) is 4.51. The van der Waals surface area contributed by atoms with Gasteiger partial charge in [-0.05, 0) is 45.4 Å². The number of hydrogen-bond donors (Lipinski definition) is 0. The number of likely N-dealkylation sites (tertiary alicyclic amines) is 1. The number of rotatable bonds is 4. The topological polar surface area (TPSA) is 56.1 Å². The van der Waals surface area contributed by atoms with Crippen LogP contribution in [0.2, 0.25) is 0 Å². The largest absolute Gasteiger partial charge is 0.471 e. The van der Waals surface area contributed by atoms with E-state index in [1.54, 1.807) is 18.6 Å². The van der Waals surface area contributed by atoms with Crippen molar-refractivity contribution in [1.82, 2.24) is 24.4 Å². The van der Waals surface area contributed by atoms with Crippen LogP contribution in [0.1, 0.15) is 38.6 Å². The Labute approximate surface area is 149 Å². The van der Waals surface area contributed by atoms with Crippen LogP contribution in [-0.4, -0.2) is 49.7 Å². The second-order valence-electron chi connectivity index (χ2n) is 7.69. The lowest BCUT2D eigenvalue weighted by atomic mass is 9.77. The number of aryl methyl sites for hydroxylation is 1. The number of nitrogens with zero attached hydrogens (tertiary/aromatic N) is 5. The van der Waals surface area contributed by atoms with Crippen LogP contribution in [0.4, 0.5) is 0 Å². The molecule has 0 radical (unpaired) electrons.